The zero-order chi connectivity index (χ0) is 27.2. The Morgan fingerprint density at radius 1 is 1.08 bits per heavy atom. The molecule has 0 spiro atoms. The van der Waals surface area contributed by atoms with Crippen LogP contribution in [0.25, 0.3) is 0 Å². The average molecular weight is 527 g/mol. The third-order valence-corrected chi connectivity index (χ3v) is 6.79. The molecule has 1 atom stereocenters. The van der Waals surface area contributed by atoms with Gasteiger partial charge in [-0.3, -0.25) is 14.6 Å². The van der Waals surface area contributed by atoms with E-state index >= 15 is 0 Å². The first-order valence-corrected chi connectivity index (χ1v) is 12.6. The molecule has 204 valence electrons. The fourth-order valence-corrected chi connectivity index (χ4v) is 4.78. The van der Waals surface area contributed by atoms with Crippen LogP contribution in [-0.4, -0.2) is 93.2 Å². The summed E-state index contributed by atoms with van der Waals surface area (Å²) in [6.45, 7) is 4.62. The molecule has 1 saturated heterocycles. The normalized spacial score (nSPS) is 18.6. The van der Waals surface area contributed by atoms with Gasteiger partial charge in [0.25, 0.3) is 5.91 Å². The van der Waals surface area contributed by atoms with Gasteiger partial charge in [0.1, 0.15) is 0 Å². The number of hydrogen-bond donors (Lipinski definition) is 1. The Balaban J connectivity index is 1.64. The van der Waals surface area contributed by atoms with E-state index in [-0.39, 0.29) is 18.5 Å². The summed E-state index contributed by atoms with van der Waals surface area (Å²) in [7, 11) is 4.71. The fraction of sp³-hybridized carbons (Fsp3) is 0.444. The number of methoxy groups -OCH3 is 2. The van der Waals surface area contributed by atoms with Crippen LogP contribution in [0.5, 0.6) is 11.5 Å². The van der Waals surface area contributed by atoms with E-state index in [1.54, 1.807) is 56.3 Å². The van der Waals surface area contributed by atoms with Crippen molar-refractivity contribution in [1.29, 1.82) is 0 Å². The van der Waals surface area contributed by atoms with Crippen molar-refractivity contribution >= 4 is 17.9 Å². The van der Waals surface area contributed by atoms with Gasteiger partial charge >= 0.3 is 12.0 Å². The van der Waals surface area contributed by atoms with Crippen molar-refractivity contribution in [2.75, 3.05) is 60.6 Å². The van der Waals surface area contributed by atoms with Gasteiger partial charge in [0.05, 0.1) is 38.7 Å². The molecule has 2 aliphatic heterocycles. The van der Waals surface area contributed by atoms with Crippen LogP contribution in [0.1, 0.15) is 35.5 Å². The van der Waals surface area contributed by atoms with Gasteiger partial charge in [-0.05, 0) is 43.2 Å². The summed E-state index contributed by atoms with van der Waals surface area (Å²) in [5, 5.41) is 2.93. The molecule has 1 fully saturated rings. The number of ether oxygens (including phenoxy) is 3. The molecule has 2 aromatic rings. The molecule has 2 aliphatic rings. The molecule has 0 aliphatic carbocycles. The zero-order valence-corrected chi connectivity index (χ0v) is 22.2. The van der Waals surface area contributed by atoms with Crippen LogP contribution in [0.4, 0.5) is 4.79 Å². The summed E-state index contributed by atoms with van der Waals surface area (Å²) >= 11 is 0. The number of amides is 3. The van der Waals surface area contributed by atoms with Gasteiger partial charge in [-0.15, -0.1) is 0 Å². The van der Waals surface area contributed by atoms with Crippen LogP contribution in [-0.2, 0) is 9.53 Å². The molecule has 4 rings (SSSR count). The average Bonchev–Trinajstić information content (AvgIpc) is 3.37. The lowest BCUT2D eigenvalue weighted by molar-refractivity contribution is -0.139. The maximum Gasteiger partial charge on any atom is 0.338 e. The standard InChI is InChI=1S/C27H34N4O7/c1-5-37-26(33)23-19(17-30-11-7-12-31(14-13-30)25(32)21-8-6-15-38-21)29(2)27(34)28-24(23)18-9-10-20(35-3)22(16-18)36-4/h6,8-10,15-16,24H,5,7,11-14,17H2,1-4H3,(H,28,34). The molecule has 0 bridgehead atoms. The highest BCUT2D eigenvalue weighted by Crippen LogP contribution is 2.36. The maximum atomic E-state index is 13.3. The molecular weight excluding hydrogens is 492 g/mol. The number of nitrogens with one attached hydrogen (secondary N) is 1. The third kappa shape index (κ3) is 5.62. The number of rotatable bonds is 8. The van der Waals surface area contributed by atoms with Gasteiger partial charge in [0.2, 0.25) is 0 Å². The third-order valence-electron chi connectivity index (χ3n) is 6.79. The van der Waals surface area contributed by atoms with Crippen LogP contribution in [0.2, 0.25) is 0 Å². The molecule has 38 heavy (non-hydrogen) atoms. The van der Waals surface area contributed by atoms with E-state index in [1.807, 2.05) is 0 Å². The molecule has 1 N–H and O–H groups in total. The van der Waals surface area contributed by atoms with Crippen LogP contribution in [0, 0.1) is 0 Å². The molecule has 0 saturated carbocycles. The maximum absolute atomic E-state index is 13.3. The van der Waals surface area contributed by atoms with Crippen LogP contribution in [0.3, 0.4) is 0 Å². The number of carbonyl (C=O) groups is 3. The number of carbonyl (C=O) groups excluding carboxylic acids is 3. The highest BCUT2D eigenvalue weighted by atomic mass is 16.5. The lowest BCUT2D eigenvalue weighted by atomic mass is 9.94. The summed E-state index contributed by atoms with van der Waals surface area (Å²) < 4.78 is 21.5. The Bertz CT molecular complexity index is 1190. The predicted octanol–water partition coefficient (Wildman–Crippen LogP) is 2.66. The Kier molecular flexibility index (Phi) is 8.57. The number of esters is 1. The van der Waals surface area contributed by atoms with Crippen LogP contribution < -0.4 is 14.8 Å². The second-order valence-corrected chi connectivity index (χ2v) is 9.04. The summed E-state index contributed by atoms with van der Waals surface area (Å²) in [5.74, 6) is 0.684. The van der Waals surface area contributed by atoms with E-state index in [0.717, 1.165) is 6.42 Å². The number of hydrogen-bond acceptors (Lipinski definition) is 8. The minimum absolute atomic E-state index is 0.147. The first-order valence-electron chi connectivity index (χ1n) is 12.6. The van der Waals surface area contributed by atoms with E-state index < -0.39 is 12.0 Å². The van der Waals surface area contributed by atoms with Gasteiger partial charge in [0.15, 0.2) is 17.3 Å². The Morgan fingerprint density at radius 3 is 2.55 bits per heavy atom. The smallest absolute Gasteiger partial charge is 0.338 e. The molecule has 11 nitrogen and oxygen atoms in total. The topological polar surface area (TPSA) is 114 Å². The number of benzene rings is 1. The largest absolute Gasteiger partial charge is 0.493 e. The molecule has 3 heterocycles. The summed E-state index contributed by atoms with van der Waals surface area (Å²) in [6.07, 6.45) is 2.23. The highest BCUT2D eigenvalue weighted by molar-refractivity contribution is 5.95. The molecule has 11 heteroatoms. The SMILES string of the molecule is CCOC(=O)C1=C(CN2CCCN(C(=O)c3ccco3)CC2)N(C)C(=O)NC1c1ccc(OC)c(OC)c1. The van der Waals surface area contributed by atoms with Crippen molar-refractivity contribution in [3.8, 4) is 11.5 Å². The van der Waals surface area contributed by atoms with Gasteiger partial charge in [-0.25, -0.2) is 9.59 Å². The minimum Gasteiger partial charge on any atom is -0.493 e. The van der Waals surface area contributed by atoms with Gasteiger partial charge < -0.3 is 28.8 Å². The fourth-order valence-electron chi connectivity index (χ4n) is 4.78. The Hall–Kier alpha value is -3.99. The molecule has 1 unspecified atom stereocenters. The number of likely N-dealkylation sites (N-methyl/N-ethyl adjacent to an activating group) is 1. The Labute approximate surface area is 221 Å². The van der Waals surface area contributed by atoms with E-state index in [2.05, 4.69) is 10.2 Å². The van der Waals surface area contributed by atoms with Crippen molar-refractivity contribution in [1.82, 2.24) is 20.0 Å². The molecule has 1 aromatic heterocycles. The van der Waals surface area contributed by atoms with E-state index in [0.29, 0.717) is 66.8 Å². The number of furan rings is 1. The van der Waals surface area contributed by atoms with E-state index in [1.165, 1.54) is 18.3 Å². The lowest BCUT2D eigenvalue weighted by Crippen LogP contribution is -2.49. The van der Waals surface area contributed by atoms with Gasteiger partial charge in [0, 0.05) is 45.5 Å². The van der Waals surface area contributed by atoms with Crippen molar-refractivity contribution in [2.24, 2.45) is 0 Å². The first kappa shape index (κ1) is 27.1. The molecular formula is C27H34N4O7. The Morgan fingerprint density at radius 2 is 1.87 bits per heavy atom. The molecule has 0 radical (unpaired) electrons. The second-order valence-electron chi connectivity index (χ2n) is 9.04. The van der Waals surface area contributed by atoms with E-state index in [4.69, 9.17) is 18.6 Å². The van der Waals surface area contributed by atoms with Crippen LogP contribution in [0.15, 0.2) is 52.3 Å². The number of nitrogens with zero attached hydrogens (tertiary/aromatic N) is 3. The van der Waals surface area contributed by atoms with Crippen molar-refractivity contribution in [3.05, 3.63) is 59.2 Å². The van der Waals surface area contributed by atoms with Gasteiger partial charge in [-0.1, -0.05) is 6.07 Å². The van der Waals surface area contributed by atoms with Crippen LogP contribution >= 0.6 is 0 Å². The van der Waals surface area contributed by atoms with E-state index in [9.17, 15) is 14.4 Å². The second kappa shape index (κ2) is 12.0. The highest BCUT2D eigenvalue weighted by Gasteiger charge is 2.38. The van der Waals surface area contributed by atoms with Gasteiger partial charge in [-0.2, -0.15) is 0 Å². The first-order chi connectivity index (χ1) is 18.4. The molecule has 3 amide bonds. The van der Waals surface area contributed by atoms with Crippen molar-refractivity contribution in [2.45, 2.75) is 19.4 Å². The lowest BCUT2D eigenvalue weighted by Gasteiger charge is -2.36. The summed E-state index contributed by atoms with van der Waals surface area (Å²) in [6, 6.07) is 7.55. The summed E-state index contributed by atoms with van der Waals surface area (Å²) in [4.78, 5) is 44.5. The molecule has 1 aromatic carbocycles. The van der Waals surface area contributed by atoms with Crippen molar-refractivity contribution < 1.29 is 33.0 Å². The predicted molar refractivity (Wildman–Crippen MR) is 138 cm³/mol. The monoisotopic (exact) mass is 526 g/mol. The number of urea groups is 1. The van der Waals surface area contributed by atoms with Crippen molar-refractivity contribution in [3.63, 3.8) is 0 Å². The minimum atomic E-state index is -0.739. The summed E-state index contributed by atoms with van der Waals surface area (Å²) in [5.41, 5.74) is 1.57. The quantitative estimate of drug-likeness (QED) is 0.523. The zero-order valence-electron chi connectivity index (χ0n) is 22.2.